The summed E-state index contributed by atoms with van der Waals surface area (Å²) in [7, 11) is 0. The molecule has 0 saturated heterocycles. The molecule has 0 aliphatic carbocycles. The third-order valence-electron chi connectivity index (χ3n) is 2.68. The van der Waals surface area contributed by atoms with Gasteiger partial charge >= 0.3 is 0 Å². The van der Waals surface area contributed by atoms with Crippen LogP contribution in [0.1, 0.15) is 26.1 Å². The topological polar surface area (TPSA) is 64.7 Å². The summed E-state index contributed by atoms with van der Waals surface area (Å²) in [6, 6.07) is 9.84. The Kier molecular flexibility index (Phi) is 3.87. The van der Waals surface area contributed by atoms with Gasteiger partial charge in [0.2, 0.25) is 5.95 Å². The Morgan fingerprint density at radius 1 is 1.06 bits per heavy atom. The molecule has 1 heterocycles. The molecule has 18 heavy (non-hydrogen) atoms. The molecule has 1 aromatic carbocycles. The van der Waals surface area contributed by atoms with Crippen molar-refractivity contribution in [2.24, 2.45) is 5.92 Å². The van der Waals surface area contributed by atoms with E-state index in [2.05, 4.69) is 28.8 Å². The van der Waals surface area contributed by atoms with E-state index in [1.165, 1.54) is 0 Å². The van der Waals surface area contributed by atoms with Gasteiger partial charge in [-0.25, -0.2) is 4.98 Å². The van der Waals surface area contributed by atoms with Gasteiger partial charge in [-0.1, -0.05) is 44.2 Å². The fraction of sp³-hybridized carbons (Fsp3) is 0.357. The fourth-order valence-corrected chi connectivity index (χ4v) is 1.68. The van der Waals surface area contributed by atoms with E-state index >= 15 is 0 Å². The molecule has 0 spiro atoms. The molecule has 0 saturated carbocycles. The van der Waals surface area contributed by atoms with Crippen LogP contribution >= 0.6 is 0 Å². The molecule has 0 fully saturated rings. The number of nitrogens with two attached hydrogens (primary N) is 1. The molecule has 2 N–H and O–H groups in total. The van der Waals surface area contributed by atoms with E-state index in [0.29, 0.717) is 17.7 Å². The predicted octanol–water partition coefficient (Wildman–Crippen LogP) is 2.71. The van der Waals surface area contributed by atoms with Gasteiger partial charge in [-0.2, -0.15) is 9.97 Å². The first-order valence-corrected chi connectivity index (χ1v) is 6.21. The molecular weight excluding hydrogens is 224 g/mol. The average Bonchev–Trinajstić information content (AvgIpc) is 2.37. The molecule has 0 unspecified atom stereocenters. The molecule has 0 atom stereocenters. The minimum Gasteiger partial charge on any atom is -0.368 e. The highest BCUT2D eigenvalue weighted by molar-refractivity contribution is 5.55. The van der Waals surface area contributed by atoms with Crippen LogP contribution in [0, 0.1) is 5.92 Å². The molecular formula is C14H18N4. The van der Waals surface area contributed by atoms with E-state index in [1.807, 2.05) is 30.3 Å². The smallest absolute Gasteiger partial charge is 0.223 e. The van der Waals surface area contributed by atoms with Gasteiger partial charge in [-0.3, -0.25) is 0 Å². The molecule has 0 radical (unpaired) electrons. The van der Waals surface area contributed by atoms with Crippen molar-refractivity contribution in [2.75, 3.05) is 5.73 Å². The third kappa shape index (κ3) is 3.26. The average molecular weight is 242 g/mol. The van der Waals surface area contributed by atoms with Crippen LogP contribution in [0.4, 0.5) is 5.95 Å². The van der Waals surface area contributed by atoms with Crippen LogP contribution in [0.3, 0.4) is 0 Å². The van der Waals surface area contributed by atoms with Crippen molar-refractivity contribution < 1.29 is 0 Å². The van der Waals surface area contributed by atoms with Crippen LogP contribution in [-0.4, -0.2) is 15.0 Å². The summed E-state index contributed by atoms with van der Waals surface area (Å²) in [5.41, 5.74) is 6.71. The first-order valence-electron chi connectivity index (χ1n) is 6.21. The Morgan fingerprint density at radius 2 is 1.78 bits per heavy atom. The standard InChI is InChI=1S/C14H18N4/c1-10(2)8-9-12-16-13(18-14(15)17-12)11-6-4-3-5-7-11/h3-7,10H,8-9H2,1-2H3,(H2,15,16,17,18). The predicted molar refractivity (Wildman–Crippen MR) is 72.8 cm³/mol. The van der Waals surface area contributed by atoms with Gasteiger partial charge in [-0.05, 0) is 12.3 Å². The first-order chi connectivity index (χ1) is 8.65. The number of hydrogen-bond donors (Lipinski definition) is 1. The number of nitrogen functional groups attached to an aromatic ring is 1. The lowest BCUT2D eigenvalue weighted by Gasteiger charge is -2.06. The van der Waals surface area contributed by atoms with Gasteiger partial charge in [0.15, 0.2) is 5.82 Å². The maximum atomic E-state index is 5.74. The minimum atomic E-state index is 0.294. The Bertz CT molecular complexity index is 508. The molecule has 4 heteroatoms. The van der Waals surface area contributed by atoms with Crippen molar-refractivity contribution in [1.29, 1.82) is 0 Å². The second-order valence-electron chi connectivity index (χ2n) is 4.73. The number of benzene rings is 1. The van der Waals surface area contributed by atoms with Crippen molar-refractivity contribution in [3.05, 3.63) is 36.2 Å². The number of rotatable bonds is 4. The van der Waals surface area contributed by atoms with E-state index in [-0.39, 0.29) is 0 Å². The molecule has 94 valence electrons. The Labute approximate surface area is 107 Å². The Hall–Kier alpha value is -1.97. The normalized spacial score (nSPS) is 10.8. The summed E-state index contributed by atoms with van der Waals surface area (Å²) < 4.78 is 0. The van der Waals surface area contributed by atoms with Crippen molar-refractivity contribution in [2.45, 2.75) is 26.7 Å². The highest BCUT2D eigenvalue weighted by Gasteiger charge is 2.07. The number of anilines is 1. The Balaban J connectivity index is 2.27. The molecule has 0 bridgehead atoms. The summed E-state index contributed by atoms with van der Waals surface area (Å²) in [6.45, 7) is 4.37. The quantitative estimate of drug-likeness (QED) is 0.895. The zero-order chi connectivity index (χ0) is 13.0. The SMILES string of the molecule is CC(C)CCc1nc(N)nc(-c2ccccc2)n1. The number of aryl methyl sites for hydroxylation is 1. The van der Waals surface area contributed by atoms with Crippen LogP contribution in [0.25, 0.3) is 11.4 Å². The summed E-state index contributed by atoms with van der Waals surface area (Å²) in [6.07, 6.45) is 1.89. The molecule has 1 aromatic heterocycles. The zero-order valence-corrected chi connectivity index (χ0v) is 10.8. The molecule has 2 aromatic rings. The van der Waals surface area contributed by atoms with Gasteiger partial charge in [-0.15, -0.1) is 0 Å². The molecule has 0 aliphatic heterocycles. The second kappa shape index (κ2) is 5.58. The van der Waals surface area contributed by atoms with E-state index in [4.69, 9.17) is 5.73 Å². The van der Waals surface area contributed by atoms with Gasteiger partial charge in [0.25, 0.3) is 0 Å². The summed E-state index contributed by atoms with van der Waals surface area (Å²) in [5.74, 6) is 2.35. The fourth-order valence-electron chi connectivity index (χ4n) is 1.68. The monoisotopic (exact) mass is 242 g/mol. The lowest BCUT2D eigenvalue weighted by Crippen LogP contribution is -2.06. The minimum absolute atomic E-state index is 0.294. The van der Waals surface area contributed by atoms with Crippen molar-refractivity contribution in [1.82, 2.24) is 15.0 Å². The van der Waals surface area contributed by atoms with Gasteiger partial charge in [0.1, 0.15) is 5.82 Å². The highest BCUT2D eigenvalue weighted by Crippen LogP contribution is 2.15. The lowest BCUT2D eigenvalue weighted by atomic mass is 10.1. The number of hydrogen-bond acceptors (Lipinski definition) is 4. The zero-order valence-electron chi connectivity index (χ0n) is 10.8. The van der Waals surface area contributed by atoms with Gasteiger partial charge < -0.3 is 5.73 Å². The molecule has 0 amide bonds. The third-order valence-corrected chi connectivity index (χ3v) is 2.68. The van der Waals surface area contributed by atoms with Crippen molar-refractivity contribution in [3.63, 3.8) is 0 Å². The molecule has 0 aliphatic rings. The summed E-state index contributed by atoms with van der Waals surface area (Å²) >= 11 is 0. The summed E-state index contributed by atoms with van der Waals surface area (Å²) in [4.78, 5) is 12.8. The maximum Gasteiger partial charge on any atom is 0.223 e. The largest absolute Gasteiger partial charge is 0.368 e. The first kappa shape index (κ1) is 12.5. The van der Waals surface area contributed by atoms with Crippen LogP contribution in [0.5, 0.6) is 0 Å². The van der Waals surface area contributed by atoms with E-state index < -0.39 is 0 Å². The second-order valence-corrected chi connectivity index (χ2v) is 4.73. The van der Waals surface area contributed by atoms with Crippen LogP contribution in [0.2, 0.25) is 0 Å². The van der Waals surface area contributed by atoms with E-state index in [0.717, 1.165) is 24.2 Å². The molecule has 2 rings (SSSR count). The van der Waals surface area contributed by atoms with E-state index in [9.17, 15) is 0 Å². The lowest BCUT2D eigenvalue weighted by molar-refractivity contribution is 0.574. The molecule has 4 nitrogen and oxygen atoms in total. The summed E-state index contributed by atoms with van der Waals surface area (Å²) in [5, 5.41) is 0. The Morgan fingerprint density at radius 3 is 2.44 bits per heavy atom. The van der Waals surface area contributed by atoms with Gasteiger partial charge in [0, 0.05) is 12.0 Å². The van der Waals surface area contributed by atoms with Gasteiger partial charge in [0.05, 0.1) is 0 Å². The van der Waals surface area contributed by atoms with Crippen LogP contribution in [0.15, 0.2) is 30.3 Å². The van der Waals surface area contributed by atoms with Crippen LogP contribution < -0.4 is 5.73 Å². The van der Waals surface area contributed by atoms with Crippen molar-refractivity contribution >= 4 is 5.95 Å². The maximum absolute atomic E-state index is 5.74. The van der Waals surface area contributed by atoms with Crippen molar-refractivity contribution in [3.8, 4) is 11.4 Å². The number of nitrogens with zero attached hydrogens (tertiary/aromatic N) is 3. The number of aromatic nitrogens is 3. The van der Waals surface area contributed by atoms with Crippen LogP contribution in [-0.2, 0) is 6.42 Å². The highest BCUT2D eigenvalue weighted by atomic mass is 15.1. The van der Waals surface area contributed by atoms with E-state index in [1.54, 1.807) is 0 Å².